The number of hydrogen-bond donors (Lipinski definition) is 3. The summed E-state index contributed by atoms with van der Waals surface area (Å²) in [4.78, 5) is 22.9. The summed E-state index contributed by atoms with van der Waals surface area (Å²) in [5.74, 6) is -0.186. The number of nitrogens with one attached hydrogen (secondary N) is 2. The van der Waals surface area contributed by atoms with Crippen LogP contribution in [-0.2, 0) is 16.0 Å². The van der Waals surface area contributed by atoms with Crippen molar-refractivity contribution in [3.05, 3.63) is 54.1 Å². The Labute approximate surface area is 129 Å². The standard InChI is InChI=1S/C17H19N3O2/c1-12(21)19-15-6-8-16(9-7-15)20-17(22)10-5-13-3-2-4-14(18)11-13/h2-4,6-9,11H,5,10,18H2,1H3,(H,19,21)(H,20,22). The number of carbonyl (C=O) groups excluding carboxylic acids is 2. The van der Waals surface area contributed by atoms with Crippen molar-refractivity contribution in [2.45, 2.75) is 19.8 Å². The summed E-state index contributed by atoms with van der Waals surface area (Å²) < 4.78 is 0. The van der Waals surface area contributed by atoms with Crippen molar-refractivity contribution in [3.63, 3.8) is 0 Å². The van der Waals surface area contributed by atoms with Gasteiger partial charge in [0.25, 0.3) is 0 Å². The molecule has 0 aliphatic heterocycles. The van der Waals surface area contributed by atoms with Crippen LogP contribution in [0.2, 0.25) is 0 Å². The molecule has 5 heteroatoms. The van der Waals surface area contributed by atoms with E-state index in [4.69, 9.17) is 5.73 Å². The molecule has 0 bridgehead atoms. The molecule has 4 N–H and O–H groups in total. The number of benzene rings is 2. The fourth-order valence-corrected chi connectivity index (χ4v) is 2.07. The van der Waals surface area contributed by atoms with Gasteiger partial charge in [0.2, 0.25) is 11.8 Å². The smallest absolute Gasteiger partial charge is 0.224 e. The maximum Gasteiger partial charge on any atom is 0.224 e. The van der Waals surface area contributed by atoms with Gasteiger partial charge in [0.1, 0.15) is 0 Å². The third kappa shape index (κ3) is 4.94. The summed E-state index contributed by atoms with van der Waals surface area (Å²) in [6.07, 6.45) is 1.03. The van der Waals surface area contributed by atoms with Crippen molar-refractivity contribution in [3.8, 4) is 0 Å². The molecule has 0 aliphatic carbocycles. The number of aryl methyl sites for hydroxylation is 1. The van der Waals surface area contributed by atoms with Crippen LogP contribution in [0.15, 0.2) is 48.5 Å². The zero-order chi connectivity index (χ0) is 15.9. The molecule has 0 heterocycles. The molecule has 0 radical (unpaired) electrons. The monoisotopic (exact) mass is 297 g/mol. The molecule has 0 saturated heterocycles. The predicted molar refractivity (Wildman–Crippen MR) is 88.6 cm³/mol. The number of anilines is 3. The molecular formula is C17H19N3O2. The van der Waals surface area contributed by atoms with Gasteiger partial charge >= 0.3 is 0 Å². The lowest BCUT2D eigenvalue weighted by atomic mass is 10.1. The van der Waals surface area contributed by atoms with Crippen molar-refractivity contribution >= 4 is 28.9 Å². The molecule has 0 atom stereocenters. The highest BCUT2D eigenvalue weighted by Crippen LogP contribution is 2.14. The van der Waals surface area contributed by atoms with Crippen LogP contribution in [0.25, 0.3) is 0 Å². The van der Waals surface area contributed by atoms with Gasteiger partial charge in [0.15, 0.2) is 0 Å². The van der Waals surface area contributed by atoms with Crippen molar-refractivity contribution < 1.29 is 9.59 Å². The van der Waals surface area contributed by atoms with Gasteiger partial charge in [-0.3, -0.25) is 9.59 Å². The van der Waals surface area contributed by atoms with Gasteiger partial charge < -0.3 is 16.4 Å². The van der Waals surface area contributed by atoms with Gasteiger partial charge in [-0.05, 0) is 48.4 Å². The number of nitrogen functional groups attached to an aromatic ring is 1. The van der Waals surface area contributed by atoms with E-state index in [-0.39, 0.29) is 11.8 Å². The number of hydrogen-bond acceptors (Lipinski definition) is 3. The SMILES string of the molecule is CC(=O)Nc1ccc(NC(=O)CCc2cccc(N)c2)cc1. The Hall–Kier alpha value is -2.82. The first-order valence-electron chi connectivity index (χ1n) is 7.05. The maximum atomic E-state index is 11.9. The first-order valence-corrected chi connectivity index (χ1v) is 7.05. The fraction of sp³-hybridized carbons (Fsp3) is 0.176. The summed E-state index contributed by atoms with van der Waals surface area (Å²) in [5.41, 5.74) is 8.85. The second kappa shape index (κ2) is 7.26. The lowest BCUT2D eigenvalue weighted by Gasteiger charge is -2.07. The lowest BCUT2D eigenvalue weighted by molar-refractivity contribution is -0.116. The van der Waals surface area contributed by atoms with E-state index in [9.17, 15) is 9.59 Å². The van der Waals surface area contributed by atoms with E-state index in [1.54, 1.807) is 24.3 Å². The summed E-state index contributed by atoms with van der Waals surface area (Å²) in [6.45, 7) is 1.45. The zero-order valence-electron chi connectivity index (χ0n) is 12.4. The summed E-state index contributed by atoms with van der Waals surface area (Å²) in [6, 6.07) is 14.5. The van der Waals surface area contributed by atoms with Crippen molar-refractivity contribution in [2.24, 2.45) is 0 Å². The van der Waals surface area contributed by atoms with Crippen molar-refractivity contribution in [1.82, 2.24) is 0 Å². The average molecular weight is 297 g/mol. The molecule has 0 aromatic heterocycles. The normalized spacial score (nSPS) is 10.0. The van der Waals surface area contributed by atoms with E-state index in [2.05, 4.69) is 10.6 Å². The van der Waals surface area contributed by atoms with Gasteiger partial charge in [-0.25, -0.2) is 0 Å². The van der Waals surface area contributed by atoms with Crippen LogP contribution >= 0.6 is 0 Å². The number of nitrogens with two attached hydrogens (primary N) is 1. The Morgan fingerprint density at radius 2 is 1.64 bits per heavy atom. The molecule has 0 saturated carbocycles. The largest absolute Gasteiger partial charge is 0.399 e. The Morgan fingerprint density at radius 1 is 1.00 bits per heavy atom. The Kier molecular flexibility index (Phi) is 5.14. The molecule has 114 valence electrons. The quantitative estimate of drug-likeness (QED) is 0.742. The molecule has 2 aromatic rings. The second-order valence-corrected chi connectivity index (χ2v) is 5.05. The van der Waals surface area contributed by atoms with Crippen LogP contribution in [0.1, 0.15) is 18.9 Å². The number of amides is 2. The van der Waals surface area contributed by atoms with E-state index in [0.29, 0.717) is 29.9 Å². The molecule has 0 unspecified atom stereocenters. The number of carbonyl (C=O) groups is 2. The van der Waals surface area contributed by atoms with E-state index in [0.717, 1.165) is 5.56 Å². The molecule has 5 nitrogen and oxygen atoms in total. The second-order valence-electron chi connectivity index (χ2n) is 5.05. The summed E-state index contributed by atoms with van der Waals surface area (Å²) >= 11 is 0. The van der Waals surface area contributed by atoms with Crippen molar-refractivity contribution in [2.75, 3.05) is 16.4 Å². The minimum absolute atomic E-state index is 0.0605. The third-order valence-corrected chi connectivity index (χ3v) is 3.08. The maximum absolute atomic E-state index is 11.9. The number of rotatable bonds is 5. The van der Waals surface area contributed by atoms with Crippen molar-refractivity contribution in [1.29, 1.82) is 0 Å². The van der Waals surface area contributed by atoms with Crippen LogP contribution < -0.4 is 16.4 Å². The molecule has 0 spiro atoms. The Bertz CT molecular complexity index is 666. The third-order valence-electron chi connectivity index (χ3n) is 3.08. The van der Waals surface area contributed by atoms with E-state index >= 15 is 0 Å². The van der Waals surface area contributed by atoms with Gasteiger partial charge in [-0.1, -0.05) is 12.1 Å². The Balaban J connectivity index is 1.85. The lowest BCUT2D eigenvalue weighted by Crippen LogP contribution is -2.12. The average Bonchev–Trinajstić information content (AvgIpc) is 2.47. The van der Waals surface area contributed by atoms with Gasteiger partial charge in [0.05, 0.1) is 0 Å². The fourth-order valence-electron chi connectivity index (χ4n) is 2.07. The van der Waals surface area contributed by atoms with E-state index < -0.39 is 0 Å². The minimum atomic E-state index is -0.126. The highest BCUT2D eigenvalue weighted by molar-refractivity contribution is 5.92. The van der Waals surface area contributed by atoms with Crippen LogP contribution in [0.4, 0.5) is 17.1 Å². The first-order chi connectivity index (χ1) is 10.5. The highest BCUT2D eigenvalue weighted by Gasteiger charge is 2.04. The van der Waals surface area contributed by atoms with E-state index in [1.165, 1.54) is 6.92 Å². The molecule has 2 amide bonds. The Morgan fingerprint density at radius 3 is 2.23 bits per heavy atom. The molecule has 2 rings (SSSR count). The molecule has 2 aromatic carbocycles. The predicted octanol–water partition coefficient (Wildman–Crippen LogP) is 2.80. The summed E-state index contributed by atoms with van der Waals surface area (Å²) in [5, 5.41) is 5.50. The van der Waals surface area contributed by atoms with Gasteiger partial charge in [-0.15, -0.1) is 0 Å². The molecule has 0 aliphatic rings. The van der Waals surface area contributed by atoms with Gasteiger partial charge in [0, 0.05) is 30.4 Å². The van der Waals surface area contributed by atoms with Crippen LogP contribution in [-0.4, -0.2) is 11.8 Å². The summed E-state index contributed by atoms with van der Waals surface area (Å²) in [7, 11) is 0. The van der Waals surface area contributed by atoms with Crippen LogP contribution in [0, 0.1) is 0 Å². The van der Waals surface area contributed by atoms with E-state index in [1.807, 2.05) is 24.3 Å². The van der Waals surface area contributed by atoms with Crippen LogP contribution in [0.5, 0.6) is 0 Å². The molecule has 22 heavy (non-hydrogen) atoms. The topological polar surface area (TPSA) is 84.2 Å². The molecular weight excluding hydrogens is 278 g/mol. The highest BCUT2D eigenvalue weighted by atomic mass is 16.2. The molecule has 0 fully saturated rings. The van der Waals surface area contributed by atoms with Crippen LogP contribution in [0.3, 0.4) is 0 Å². The minimum Gasteiger partial charge on any atom is -0.399 e. The van der Waals surface area contributed by atoms with Gasteiger partial charge in [-0.2, -0.15) is 0 Å². The zero-order valence-corrected chi connectivity index (χ0v) is 12.4. The first kappa shape index (κ1) is 15.6.